The molecular weight excluding hydrogens is 248 g/mol. The molecule has 1 aromatic heterocycles. The van der Waals surface area contributed by atoms with Crippen molar-refractivity contribution < 1.29 is 0 Å². The van der Waals surface area contributed by atoms with E-state index >= 15 is 0 Å². The maximum atomic E-state index is 4.46. The molecule has 0 bridgehead atoms. The van der Waals surface area contributed by atoms with Gasteiger partial charge in [0.05, 0.1) is 0 Å². The molecule has 0 aliphatic heterocycles. The van der Waals surface area contributed by atoms with Gasteiger partial charge in [0.15, 0.2) is 0 Å². The molecule has 0 amide bonds. The number of benzene rings is 1. The third-order valence-electron chi connectivity index (χ3n) is 3.20. The van der Waals surface area contributed by atoms with Crippen molar-refractivity contribution in [2.24, 2.45) is 0 Å². The van der Waals surface area contributed by atoms with Gasteiger partial charge in [-0.1, -0.05) is 37.3 Å². The first-order valence-corrected chi connectivity index (χ1v) is 7.15. The number of aromatic nitrogens is 2. The van der Waals surface area contributed by atoms with Crippen molar-refractivity contribution in [3.05, 3.63) is 48.2 Å². The molecule has 20 heavy (non-hydrogen) atoms. The molecule has 4 nitrogen and oxygen atoms in total. The molecule has 2 aromatic rings. The van der Waals surface area contributed by atoms with Gasteiger partial charge in [0.1, 0.15) is 5.82 Å². The van der Waals surface area contributed by atoms with Gasteiger partial charge >= 0.3 is 0 Å². The Kier molecular flexibility index (Phi) is 5.35. The summed E-state index contributed by atoms with van der Waals surface area (Å²) in [6.07, 6.45) is 3.82. The molecule has 106 valence electrons. The number of rotatable bonds is 7. The van der Waals surface area contributed by atoms with E-state index in [1.165, 1.54) is 5.56 Å². The third kappa shape index (κ3) is 4.53. The first kappa shape index (κ1) is 14.3. The van der Waals surface area contributed by atoms with Crippen molar-refractivity contribution in [2.75, 3.05) is 17.2 Å². The largest absolute Gasteiger partial charge is 0.367 e. The second-order valence-electron chi connectivity index (χ2n) is 4.88. The van der Waals surface area contributed by atoms with Gasteiger partial charge in [0.25, 0.3) is 0 Å². The van der Waals surface area contributed by atoms with Crippen molar-refractivity contribution >= 4 is 11.8 Å². The first-order chi connectivity index (χ1) is 9.78. The molecule has 0 spiro atoms. The highest BCUT2D eigenvalue weighted by atomic mass is 15.1. The van der Waals surface area contributed by atoms with Crippen LogP contribution in [-0.4, -0.2) is 22.6 Å². The summed E-state index contributed by atoms with van der Waals surface area (Å²) >= 11 is 0. The summed E-state index contributed by atoms with van der Waals surface area (Å²) in [6, 6.07) is 12.7. The molecule has 2 rings (SSSR count). The molecule has 2 N–H and O–H groups in total. The van der Waals surface area contributed by atoms with Crippen LogP contribution in [0, 0.1) is 0 Å². The minimum absolute atomic E-state index is 0.419. The van der Waals surface area contributed by atoms with E-state index < -0.39 is 0 Å². The highest BCUT2D eigenvalue weighted by Gasteiger charge is 2.02. The van der Waals surface area contributed by atoms with Crippen LogP contribution >= 0.6 is 0 Å². The summed E-state index contributed by atoms with van der Waals surface area (Å²) in [5.74, 6) is 1.55. The standard InChI is InChI=1S/C16H22N4/c1-3-13(2)19-15-10-12-18-16(20-15)17-11-9-14-7-5-4-6-8-14/h4-8,10,12-13H,3,9,11H2,1-2H3,(H2,17,18,19,20). The fraction of sp³-hybridized carbons (Fsp3) is 0.375. The van der Waals surface area contributed by atoms with Crippen LogP contribution in [0.15, 0.2) is 42.6 Å². The lowest BCUT2D eigenvalue weighted by molar-refractivity contribution is 0.758. The lowest BCUT2D eigenvalue weighted by Gasteiger charge is -2.12. The number of anilines is 2. The van der Waals surface area contributed by atoms with Gasteiger partial charge in [-0.3, -0.25) is 0 Å². The normalized spacial score (nSPS) is 11.9. The van der Waals surface area contributed by atoms with E-state index in [0.717, 1.165) is 25.2 Å². The van der Waals surface area contributed by atoms with Crippen molar-refractivity contribution in [2.45, 2.75) is 32.7 Å². The summed E-state index contributed by atoms with van der Waals surface area (Å²) in [7, 11) is 0. The molecule has 4 heteroatoms. The molecule has 0 saturated heterocycles. The third-order valence-corrected chi connectivity index (χ3v) is 3.20. The van der Waals surface area contributed by atoms with Crippen molar-refractivity contribution in [1.29, 1.82) is 0 Å². The van der Waals surface area contributed by atoms with Crippen LogP contribution in [0.5, 0.6) is 0 Å². The Labute approximate surface area is 120 Å². The van der Waals surface area contributed by atoms with Crippen LogP contribution in [-0.2, 0) is 6.42 Å². The zero-order valence-electron chi connectivity index (χ0n) is 12.1. The quantitative estimate of drug-likeness (QED) is 0.810. The van der Waals surface area contributed by atoms with Crippen molar-refractivity contribution in [3.63, 3.8) is 0 Å². The number of nitrogens with zero attached hydrogens (tertiary/aromatic N) is 2. The van der Waals surface area contributed by atoms with Gasteiger partial charge in [-0.2, -0.15) is 4.98 Å². The Balaban J connectivity index is 1.85. The average molecular weight is 270 g/mol. The maximum absolute atomic E-state index is 4.46. The van der Waals surface area contributed by atoms with Gasteiger partial charge < -0.3 is 10.6 Å². The van der Waals surface area contributed by atoms with Crippen LogP contribution in [0.3, 0.4) is 0 Å². The van der Waals surface area contributed by atoms with E-state index in [1.54, 1.807) is 6.20 Å². The van der Waals surface area contributed by atoms with Crippen LogP contribution in [0.25, 0.3) is 0 Å². The Hall–Kier alpha value is -2.10. The highest BCUT2D eigenvalue weighted by Crippen LogP contribution is 2.08. The minimum atomic E-state index is 0.419. The van der Waals surface area contributed by atoms with Gasteiger partial charge in [0.2, 0.25) is 5.95 Å². The topological polar surface area (TPSA) is 49.8 Å². The Morgan fingerprint density at radius 1 is 1.15 bits per heavy atom. The van der Waals surface area contributed by atoms with Crippen molar-refractivity contribution in [3.8, 4) is 0 Å². The first-order valence-electron chi connectivity index (χ1n) is 7.15. The summed E-state index contributed by atoms with van der Waals surface area (Å²) < 4.78 is 0. The Bertz CT molecular complexity index is 513. The van der Waals surface area contributed by atoms with Crippen LogP contribution in [0.2, 0.25) is 0 Å². The zero-order valence-corrected chi connectivity index (χ0v) is 12.1. The monoisotopic (exact) mass is 270 g/mol. The van der Waals surface area contributed by atoms with Crippen LogP contribution < -0.4 is 10.6 Å². The lowest BCUT2D eigenvalue weighted by atomic mass is 10.1. The van der Waals surface area contributed by atoms with E-state index in [-0.39, 0.29) is 0 Å². The van der Waals surface area contributed by atoms with Crippen LogP contribution in [0.4, 0.5) is 11.8 Å². The maximum Gasteiger partial charge on any atom is 0.224 e. The molecule has 1 aromatic carbocycles. The molecule has 1 unspecified atom stereocenters. The fourth-order valence-electron chi connectivity index (χ4n) is 1.84. The number of hydrogen-bond acceptors (Lipinski definition) is 4. The van der Waals surface area contributed by atoms with Gasteiger partial charge in [0, 0.05) is 18.8 Å². The highest BCUT2D eigenvalue weighted by molar-refractivity contribution is 5.40. The van der Waals surface area contributed by atoms with Crippen molar-refractivity contribution in [1.82, 2.24) is 9.97 Å². The lowest BCUT2D eigenvalue weighted by Crippen LogP contribution is -2.15. The molecule has 0 fully saturated rings. The number of hydrogen-bond donors (Lipinski definition) is 2. The van der Waals surface area contributed by atoms with Crippen LogP contribution in [0.1, 0.15) is 25.8 Å². The smallest absolute Gasteiger partial charge is 0.224 e. The second kappa shape index (κ2) is 7.48. The molecule has 0 aliphatic carbocycles. The van der Waals surface area contributed by atoms with E-state index in [4.69, 9.17) is 0 Å². The SMILES string of the molecule is CCC(C)Nc1ccnc(NCCc2ccccc2)n1. The molecular formula is C16H22N4. The second-order valence-corrected chi connectivity index (χ2v) is 4.88. The van der Waals surface area contributed by atoms with E-state index in [1.807, 2.05) is 12.1 Å². The molecule has 1 atom stereocenters. The zero-order chi connectivity index (χ0) is 14.2. The molecule has 0 radical (unpaired) electrons. The predicted octanol–water partition coefficient (Wildman–Crippen LogP) is 3.34. The summed E-state index contributed by atoms with van der Waals surface area (Å²) in [4.78, 5) is 8.70. The molecule has 0 saturated carbocycles. The summed E-state index contributed by atoms with van der Waals surface area (Å²) in [5, 5.41) is 6.61. The summed E-state index contributed by atoms with van der Waals surface area (Å²) in [5.41, 5.74) is 1.31. The molecule has 1 heterocycles. The van der Waals surface area contributed by atoms with Gasteiger partial charge in [-0.05, 0) is 31.4 Å². The van der Waals surface area contributed by atoms with Gasteiger partial charge in [-0.15, -0.1) is 0 Å². The Morgan fingerprint density at radius 2 is 1.95 bits per heavy atom. The van der Waals surface area contributed by atoms with Gasteiger partial charge in [-0.25, -0.2) is 4.98 Å². The molecule has 0 aliphatic rings. The average Bonchev–Trinajstić information content (AvgIpc) is 2.48. The van der Waals surface area contributed by atoms with E-state index in [9.17, 15) is 0 Å². The summed E-state index contributed by atoms with van der Waals surface area (Å²) in [6.45, 7) is 5.12. The Morgan fingerprint density at radius 3 is 2.70 bits per heavy atom. The predicted molar refractivity (Wildman–Crippen MR) is 84.0 cm³/mol. The number of nitrogens with one attached hydrogen (secondary N) is 2. The fourth-order valence-corrected chi connectivity index (χ4v) is 1.84. The van der Waals surface area contributed by atoms with E-state index in [0.29, 0.717) is 12.0 Å². The minimum Gasteiger partial charge on any atom is -0.367 e. The van der Waals surface area contributed by atoms with E-state index in [2.05, 4.69) is 58.7 Å².